The Hall–Kier alpha value is -1.95. The molecule has 3 unspecified atom stereocenters. The Labute approximate surface area is 162 Å². The van der Waals surface area contributed by atoms with Crippen LogP contribution in [0.15, 0.2) is 24.5 Å². The summed E-state index contributed by atoms with van der Waals surface area (Å²) in [6.45, 7) is 7.59. The number of aliphatic hydroxyl groups excluding tert-OH is 1. The van der Waals surface area contributed by atoms with Gasteiger partial charge in [-0.3, -0.25) is 14.6 Å². The fourth-order valence-electron chi connectivity index (χ4n) is 3.94. The van der Waals surface area contributed by atoms with Gasteiger partial charge in [-0.1, -0.05) is 27.2 Å². The molecule has 0 spiro atoms. The third-order valence-electron chi connectivity index (χ3n) is 5.40. The van der Waals surface area contributed by atoms with Crippen molar-refractivity contribution in [1.29, 1.82) is 0 Å². The predicted molar refractivity (Wildman–Crippen MR) is 105 cm³/mol. The number of rotatable bonds is 8. The van der Waals surface area contributed by atoms with Gasteiger partial charge in [0.15, 0.2) is 0 Å². The van der Waals surface area contributed by atoms with E-state index in [1.165, 1.54) is 0 Å². The summed E-state index contributed by atoms with van der Waals surface area (Å²) in [5, 5.41) is 12.4. The van der Waals surface area contributed by atoms with Crippen molar-refractivity contribution in [3.05, 3.63) is 30.1 Å². The smallest absolute Gasteiger partial charge is 0.255 e. The lowest BCUT2D eigenvalue weighted by Crippen LogP contribution is -2.46. The summed E-state index contributed by atoms with van der Waals surface area (Å²) in [7, 11) is 0. The lowest BCUT2D eigenvalue weighted by Gasteiger charge is -2.38. The zero-order valence-corrected chi connectivity index (χ0v) is 16.7. The summed E-state index contributed by atoms with van der Waals surface area (Å²) in [5.41, 5.74) is 0.614. The number of hydrogen-bond acceptors (Lipinski definition) is 4. The van der Waals surface area contributed by atoms with E-state index < -0.39 is 0 Å². The third-order valence-corrected chi connectivity index (χ3v) is 5.40. The normalized spacial score (nSPS) is 21.1. The van der Waals surface area contributed by atoms with E-state index in [1.54, 1.807) is 24.5 Å². The average Bonchev–Trinajstić information content (AvgIpc) is 2.67. The first kappa shape index (κ1) is 21.4. The standard InChI is InChI=1S/C21H33N3O3/c1-4-16-13-24(21(27)18-6-5-8-22-12-18)9-7-17(16)11-20(26)23-19(14-25)10-15(2)3/h5-6,8,12,15-17,19,25H,4,7,9-11,13-14H2,1-3H3,(H,23,26). The Morgan fingerprint density at radius 1 is 1.37 bits per heavy atom. The molecule has 0 aliphatic carbocycles. The lowest BCUT2D eigenvalue weighted by atomic mass is 9.81. The minimum Gasteiger partial charge on any atom is -0.394 e. The largest absolute Gasteiger partial charge is 0.394 e. The van der Waals surface area contributed by atoms with Gasteiger partial charge in [0, 0.05) is 31.9 Å². The first-order valence-electron chi connectivity index (χ1n) is 10.0. The van der Waals surface area contributed by atoms with E-state index >= 15 is 0 Å². The monoisotopic (exact) mass is 375 g/mol. The molecule has 0 saturated carbocycles. The highest BCUT2D eigenvalue weighted by atomic mass is 16.3. The van der Waals surface area contributed by atoms with E-state index in [1.807, 2.05) is 4.90 Å². The molecular formula is C21H33N3O3. The van der Waals surface area contributed by atoms with Gasteiger partial charge in [-0.2, -0.15) is 0 Å². The molecule has 6 heteroatoms. The van der Waals surface area contributed by atoms with E-state index in [-0.39, 0.29) is 30.4 Å². The van der Waals surface area contributed by atoms with Gasteiger partial charge < -0.3 is 15.3 Å². The second kappa shape index (κ2) is 10.4. The third kappa shape index (κ3) is 6.31. The first-order valence-corrected chi connectivity index (χ1v) is 10.0. The Morgan fingerprint density at radius 3 is 2.74 bits per heavy atom. The molecule has 150 valence electrons. The number of aliphatic hydroxyl groups is 1. The molecule has 6 nitrogen and oxygen atoms in total. The van der Waals surface area contributed by atoms with Crippen LogP contribution in [0.4, 0.5) is 0 Å². The molecule has 2 heterocycles. The summed E-state index contributed by atoms with van der Waals surface area (Å²) in [6.07, 6.45) is 6.26. The fraction of sp³-hybridized carbons (Fsp3) is 0.667. The quantitative estimate of drug-likeness (QED) is 0.731. The SMILES string of the molecule is CCC1CN(C(=O)c2cccnc2)CCC1CC(=O)NC(CO)CC(C)C. The molecule has 2 amide bonds. The highest BCUT2D eigenvalue weighted by Gasteiger charge is 2.32. The van der Waals surface area contributed by atoms with Crippen molar-refractivity contribution < 1.29 is 14.7 Å². The van der Waals surface area contributed by atoms with Crippen molar-refractivity contribution >= 4 is 11.8 Å². The molecule has 2 N–H and O–H groups in total. The maximum atomic E-state index is 12.7. The van der Waals surface area contributed by atoms with Crippen LogP contribution in [0.25, 0.3) is 0 Å². The zero-order valence-electron chi connectivity index (χ0n) is 16.7. The van der Waals surface area contributed by atoms with Crippen LogP contribution in [0.3, 0.4) is 0 Å². The lowest BCUT2D eigenvalue weighted by molar-refractivity contribution is -0.124. The van der Waals surface area contributed by atoms with E-state index in [0.29, 0.717) is 36.9 Å². The maximum Gasteiger partial charge on any atom is 0.255 e. The molecule has 1 aliphatic rings. The van der Waals surface area contributed by atoms with Gasteiger partial charge in [-0.25, -0.2) is 0 Å². The number of pyridine rings is 1. The van der Waals surface area contributed by atoms with Crippen molar-refractivity contribution in [2.24, 2.45) is 17.8 Å². The predicted octanol–water partition coefficient (Wildman–Crippen LogP) is 2.48. The number of hydrogen-bond donors (Lipinski definition) is 2. The van der Waals surface area contributed by atoms with Gasteiger partial charge in [-0.05, 0) is 42.7 Å². The first-order chi connectivity index (χ1) is 12.9. The number of aromatic nitrogens is 1. The van der Waals surface area contributed by atoms with Crippen molar-refractivity contribution in [2.75, 3.05) is 19.7 Å². The van der Waals surface area contributed by atoms with Crippen molar-refractivity contribution in [1.82, 2.24) is 15.2 Å². The summed E-state index contributed by atoms with van der Waals surface area (Å²) < 4.78 is 0. The highest BCUT2D eigenvalue weighted by molar-refractivity contribution is 5.94. The number of carbonyl (C=O) groups excluding carboxylic acids is 2. The highest BCUT2D eigenvalue weighted by Crippen LogP contribution is 2.29. The number of carbonyl (C=O) groups is 2. The molecule has 1 aromatic heterocycles. The Kier molecular flexibility index (Phi) is 8.23. The molecule has 1 saturated heterocycles. The summed E-state index contributed by atoms with van der Waals surface area (Å²) in [4.78, 5) is 31.0. The summed E-state index contributed by atoms with van der Waals surface area (Å²) >= 11 is 0. The molecule has 0 aromatic carbocycles. The van der Waals surface area contributed by atoms with Crippen molar-refractivity contribution in [3.8, 4) is 0 Å². The molecular weight excluding hydrogens is 342 g/mol. The van der Waals surface area contributed by atoms with Gasteiger partial charge in [0.2, 0.25) is 5.91 Å². The molecule has 0 radical (unpaired) electrons. The van der Waals surface area contributed by atoms with E-state index in [4.69, 9.17) is 0 Å². The Balaban J connectivity index is 1.91. The van der Waals surface area contributed by atoms with Crippen LogP contribution < -0.4 is 5.32 Å². The van der Waals surface area contributed by atoms with Crippen molar-refractivity contribution in [2.45, 2.75) is 52.5 Å². The average molecular weight is 376 g/mol. The van der Waals surface area contributed by atoms with Crippen LogP contribution in [-0.2, 0) is 4.79 Å². The second-order valence-corrected chi connectivity index (χ2v) is 7.99. The van der Waals surface area contributed by atoms with Gasteiger partial charge in [0.1, 0.15) is 0 Å². The number of likely N-dealkylation sites (tertiary alicyclic amines) is 1. The van der Waals surface area contributed by atoms with Gasteiger partial charge in [0.25, 0.3) is 5.91 Å². The molecule has 2 rings (SSSR count). The molecule has 0 bridgehead atoms. The van der Waals surface area contributed by atoms with Crippen LogP contribution >= 0.6 is 0 Å². The molecule has 27 heavy (non-hydrogen) atoms. The van der Waals surface area contributed by atoms with Gasteiger partial charge >= 0.3 is 0 Å². The van der Waals surface area contributed by atoms with E-state index in [9.17, 15) is 14.7 Å². The van der Waals surface area contributed by atoms with Gasteiger partial charge in [-0.15, -0.1) is 0 Å². The van der Waals surface area contributed by atoms with Crippen LogP contribution in [0.1, 0.15) is 56.8 Å². The maximum absolute atomic E-state index is 12.7. The van der Waals surface area contributed by atoms with Crippen LogP contribution in [0.2, 0.25) is 0 Å². The molecule has 1 aliphatic heterocycles. The van der Waals surface area contributed by atoms with Crippen LogP contribution in [0, 0.1) is 17.8 Å². The Bertz CT molecular complexity index is 606. The van der Waals surface area contributed by atoms with E-state index in [0.717, 1.165) is 19.3 Å². The molecule has 1 fully saturated rings. The van der Waals surface area contributed by atoms with E-state index in [2.05, 4.69) is 31.1 Å². The van der Waals surface area contributed by atoms with Crippen LogP contribution in [-0.4, -0.2) is 52.5 Å². The summed E-state index contributed by atoms with van der Waals surface area (Å²) in [5.74, 6) is 1.02. The number of amides is 2. The Morgan fingerprint density at radius 2 is 2.15 bits per heavy atom. The minimum atomic E-state index is -0.176. The number of piperidine rings is 1. The minimum absolute atomic E-state index is 0.00480. The fourth-order valence-corrected chi connectivity index (χ4v) is 3.94. The summed E-state index contributed by atoms with van der Waals surface area (Å²) in [6, 6.07) is 3.39. The number of nitrogens with one attached hydrogen (secondary N) is 1. The number of nitrogens with zero attached hydrogens (tertiary/aromatic N) is 2. The molecule has 3 atom stereocenters. The zero-order chi connectivity index (χ0) is 19.8. The topological polar surface area (TPSA) is 82.5 Å². The molecule has 1 aromatic rings. The van der Waals surface area contributed by atoms with Crippen molar-refractivity contribution in [3.63, 3.8) is 0 Å². The second-order valence-electron chi connectivity index (χ2n) is 7.99. The van der Waals surface area contributed by atoms with Gasteiger partial charge in [0.05, 0.1) is 18.2 Å². The van der Waals surface area contributed by atoms with Crippen LogP contribution in [0.5, 0.6) is 0 Å².